The third kappa shape index (κ3) is 5.76. The highest BCUT2D eigenvalue weighted by Gasteiger charge is 2.13. The van der Waals surface area contributed by atoms with Crippen molar-refractivity contribution in [2.75, 3.05) is 6.54 Å². The van der Waals surface area contributed by atoms with E-state index in [-0.39, 0.29) is 12.6 Å². The Morgan fingerprint density at radius 3 is 2.38 bits per heavy atom. The van der Waals surface area contributed by atoms with Crippen LogP contribution in [-0.4, -0.2) is 17.7 Å². The van der Waals surface area contributed by atoms with Crippen molar-refractivity contribution in [3.8, 4) is 0 Å². The van der Waals surface area contributed by atoms with E-state index in [1.165, 1.54) is 32.1 Å². The minimum atomic E-state index is -0.1000. The summed E-state index contributed by atoms with van der Waals surface area (Å²) in [6, 6.07) is 7.49. The maximum Gasteiger partial charge on any atom is 0.315 e. The largest absolute Gasteiger partial charge is 0.392 e. The lowest BCUT2D eigenvalue weighted by atomic mass is 9.87. The summed E-state index contributed by atoms with van der Waals surface area (Å²) in [7, 11) is 0. The zero-order chi connectivity index (χ0) is 14.9. The van der Waals surface area contributed by atoms with E-state index in [1.807, 2.05) is 24.3 Å². The molecule has 0 spiro atoms. The van der Waals surface area contributed by atoms with Crippen LogP contribution in [0.3, 0.4) is 0 Å². The Morgan fingerprint density at radius 2 is 1.71 bits per heavy atom. The lowest BCUT2D eigenvalue weighted by molar-refractivity contribution is 0.238. The van der Waals surface area contributed by atoms with Crippen molar-refractivity contribution in [2.45, 2.75) is 51.7 Å². The van der Waals surface area contributed by atoms with Gasteiger partial charge in [-0.3, -0.25) is 0 Å². The van der Waals surface area contributed by atoms with Crippen LogP contribution in [0.5, 0.6) is 0 Å². The summed E-state index contributed by atoms with van der Waals surface area (Å²) in [6.45, 7) is 1.33. The highest BCUT2D eigenvalue weighted by molar-refractivity contribution is 5.73. The van der Waals surface area contributed by atoms with Gasteiger partial charge < -0.3 is 15.7 Å². The first kappa shape index (κ1) is 15.8. The van der Waals surface area contributed by atoms with Gasteiger partial charge in [-0.25, -0.2) is 4.79 Å². The number of rotatable bonds is 6. The summed E-state index contributed by atoms with van der Waals surface area (Å²) in [5.74, 6) is 0.796. The van der Waals surface area contributed by atoms with Crippen LogP contribution < -0.4 is 10.6 Å². The van der Waals surface area contributed by atoms with E-state index in [1.54, 1.807) is 0 Å². The van der Waals surface area contributed by atoms with Gasteiger partial charge in [0.25, 0.3) is 0 Å². The van der Waals surface area contributed by atoms with Crippen LogP contribution in [-0.2, 0) is 13.2 Å². The summed E-state index contributed by atoms with van der Waals surface area (Å²) in [6.07, 6.45) is 7.81. The monoisotopic (exact) mass is 290 g/mol. The predicted octanol–water partition coefficient (Wildman–Crippen LogP) is 2.95. The van der Waals surface area contributed by atoms with E-state index in [0.717, 1.165) is 30.0 Å². The molecular weight excluding hydrogens is 264 g/mol. The number of carbonyl (C=O) groups excluding carboxylic acids is 1. The number of hydrogen-bond acceptors (Lipinski definition) is 2. The molecule has 0 atom stereocenters. The Hall–Kier alpha value is -1.55. The van der Waals surface area contributed by atoms with Gasteiger partial charge in [-0.2, -0.15) is 0 Å². The van der Waals surface area contributed by atoms with Crippen LogP contribution in [0.15, 0.2) is 24.3 Å². The Labute approximate surface area is 126 Å². The molecule has 1 fully saturated rings. The number of aliphatic hydroxyl groups excluding tert-OH is 1. The molecule has 0 unspecified atom stereocenters. The Morgan fingerprint density at radius 1 is 1.05 bits per heavy atom. The standard InChI is InChI=1S/C17H26N2O2/c20-13-16-8-6-15(7-9-16)12-19-17(21)18-11-10-14-4-2-1-3-5-14/h6-9,14,20H,1-5,10-13H2,(H2,18,19,21). The zero-order valence-electron chi connectivity index (χ0n) is 12.6. The molecule has 0 radical (unpaired) electrons. The first-order valence-corrected chi connectivity index (χ1v) is 7.98. The lowest BCUT2D eigenvalue weighted by Crippen LogP contribution is -2.36. The summed E-state index contributed by atoms with van der Waals surface area (Å²) in [5.41, 5.74) is 1.92. The molecule has 1 aliphatic carbocycles. The quantitative estimate of drug-likeness (QED) is 0.754. The molecule has 0 aliphatic heterocycles. The third-order valence-electron chi connectivity index (χ3n) is 4.22. The topological polar surface area (TPSA) is 61.4 Å². The van der Waals surface area contributed by atoms with E-state index < -0.39 is 0 Å². The molecule has 4 heteroatoms. The smallest absolute Gasteiger partial charge is 0.315 e. The number of hydrogen-bond donors (Lipinski definition) is 3. The van der Waals surface area contributed by atoms with Crippen molar-refractivity contribution in [2.24, 2.45) is 5.92 Å². The van der Waals surface area contributed by atoms with Gasteiger partial charge in [0, 0.05) is 13.1 Å². The average Bonchev–Trinajstić information content (AvgIpc) is 2.54. The number of amides is 2. The van der Waals surface area contributed by atoms with Gasteiger partial charge in [-0.1, -0.05) is 56.4 Å². The van der Waals surface area contributed by atoms with Crippen molar-refractivity contribution in [1.82, 2.24) is 10.6 Å². The van der Waals surface area contributed by atoms with Gasteiger partial charge in [0.15, 0.2) is 0 Å². The number of nitrogens with one attached hydrogen (secondary N) is 2. The fourth-order valence-corrected chi connectivity index (χ4v) is 2.87. The summed E-state index contributed by atoms with van der Waals surface area (Å²) in [4.78, 5) is 11.7. The first-order chi connectivity index (χ1) is 10.3. The SMILES string of the molecule is O=C(NCCC1CCCCC1)NCc1ccc(CO)cc1. The third-order valence-corrected chi connectivity index (χ3v) is 4.22. The van der Waals surface area contributed by atoms with Crippen LogP contribution in [0.1, 0.15) is 49.7 Å². The second-order valence-corrected chi connectivity index (χ2v) is 5.88. The summed E-state index contributed by atoms with van der Waals surface area (Å²) < 4.78 is 0. The molecule has 0 saturated heterocycles. The van der Waals surface area contributed by atoms with Gasteiger partial charge in [-0.05, 0) is 23.5 Å². The molecular formula is C17H26N2O2. The van der Waals surface area contributed by atoms with Crippen molar-refractivity contribution >= 4 is 6.03 Å². The van der Waals surface area contributed by atoms with Gasteiger partial charge in [0.1, 0.15) is 0 Å². The molecule has 1 saturated carbocycles. The highest BCUT2D eigenvalue weighted by Crippen LogP contribution is 2.25. The van der Waals surface area contributed by atoms with Crippen molar-refractivity contribution in [3.63, 3.8) is 0 Å². The predicted molar refractivity (Wildman–Crippen MR) is 83.8 cm³/mol. The maximum atomic E-state index is 11.7. The average molecular weight is 290 g/mol. The van der Waals surface area contributed by atoms with E-state index in [4.69, 9.17) is 5.11 Å². The molecule has 116 valence electrons. The van der Waals surface area contributed by atoms with Gasteiger partial charge in [0.05, 0.1) is 6.61 Å². The molecule has 0 aromatic heterocycles. The molecule has 3 N–H and O–H groups in total. The second kappa shape index (κ2) is 8.67. The zero-order valence-corrected chi connectivity index (χ0v) is 12.6. The van der Waals surface area contributed by atoms with Crippen LogP contribution in [0.25, 0.3) is 0 Å². The minimum Gasteiger partial charge on any atom is -0.392 e. The van der Waals surface area contributed by atoms with Crippen LogP contribution in [0.2, 0.25) is 0 Å². The van der Waals surface area contributed by atoms with E-state index in [0.29, 0.717) is 6.54 Å². The molecule has 1 aliphatic rings. The summed E-state index contributed by atoms with van der Waals surface area (Å²) >= 11 is 0. The van der Waals surface area contributed by atoms with Crippen LogP contribution >= 0.6 is 0 Å². The Bertz CT molecular complexity index is 425. The normalized spacial score (nSPS) is 15.7. The van der Waals surface area contributed by atoms with Gasteiger partial charge in [-0.15, -0.1) is 0 Å². The summed E-state index contributed by atoms with van der Waals surface area (Å²) in [5, 5.41) is 14.8. The second-order valence-electron chi connectivity index (χ2n) is 5.88. The first-order valence-electron chi connectivity index (χ1n) is 7.98. The van der Waals surface area contributed by atoms with Crippen molar-refractivity contribution in [1.29, 1.82) is 0 Å². The molecule has 1 aromatic carbocycles. The molecule has 2 amide bonds. The van der Waals surface area contributed by atoms with E-state index in [9.17, 15) is 4.79 Å². The van der Waals surface area contributed by atoms with Crippen LogP contribution in [0, 0.1) is 5.92 Å². The number of benzene rings is 1. The molecule has 4 nitrogen and oxygen atoms in total. The fraction of sp³-hybridized carbons (Fsp3) is 0.588. The van der Waals surface area contributed by atoms with Crippen molar-refractivity contribution < 1.29 is 9.90 Å². The molecule has 1 aromatic rings. The number of aliphatic hydroxyl groups is 1. The van der Waals surface area contributed by atoms with Crippen molar-refractivity contribution in [3.05, 3.63) is 35.4 Å². The highest BCUT2D eigenvalue weighted by atomic mass is 16.3. The van der Waals surface area contributed by atoms with Gasteiger partial charge in [0.2, 0.25) is 0 Å². The molecule has 0 heterocycles. The lowest BCUT2D eigenvalue weighted by Gasteiger charge is -2.21. The molecule has 21 heavy (non-hydrogen) atoms. The molecule has 2 rings (SSSR count). The van der Waals surface area contributed by atoms with E-state index in [2.05, 4.69) is 10.6 Å². The van der Waals surface area contributed by atoms with E-state index >= 15 is 0 Å². The van der Waals surface area contributed by atoms with Crippen LogP contribution in [0.4, 0.5) is 4.79 Å². The number of carbonyl (C=O) groups is 1. The molecule has 0 bridgehead atoms. The Kier molecular flexibility index (Phi) is 6.54. The number of urea groups is 1. The fourth-order valence-electron chi connectivity index (χ4n) is 2.87. The minimum absolute atomic E-state index is 0.0510. The van der Waals surface area contributed by atoms with Gasteiger partial charge >= 0.3 is 6.03 Å². The Balaban J connectivity index is 1.60. The maximum absolute atomic E-state index is 11.7.